The van der Waals surface area contributed by atoms with E-state index in [4.69, 9.17) is 0 Å². The van der Waals surface area contributed by atoms with Gasteiger partial charge >= 0.3 is 0 Å². The van der Waals surface area contributed by atoms with Crippen LogP contribution in [-0.2, 0) is 27.1 Å². The van der Waals surface area contributed by atoms with Gasteiger partial charge in [-0.2, -0.15) is 0 Å². The van der Waals surface area contributed by atoms with Crippen LogP contribution in [0.25, 0.3) is 11.0 Å². The summed E-state index contributed by atoms with van der Waals surface area (Å²) in [6, 6.07) is 7.76. The maximum absolute atomic E-state index is 15.1. The standard InChI is InChI=1S/C31H40F2N6O4S/c1-22(24-8-7-9-25(16-24)31(32,33)18-23-19-34-20-23)37-28-26-17-27(38-11-14-44(42,43)15-12-38)30(41)39(29(26)36-21-35-28)10-5-3-2-4-6-13-40/h7-9,13,16-17,21-23,34H,2-6,10-12,14-15,18-20H2,1H3,(H,35,36,37)/t22-/m1/s1. The van der Waals surface area contributed by atoms with Gasteiger partial charge in [0.15, 0.2) is 9.84 Å². The number of unbranched alkanes of at least 4 members (excludes halogenated alkanes) is 4. The van der Waals surface area contributed by atoms with Crippen LogP contribution in [0.4, 0.5) is 20.3 Å². The molecule has 2 aliphatic rings. The monoisotopic (exact) mass is 630 g/mol. The molecule has 44 heavy (non-hydrogen) atoms. The first-order chi connectivity index (χ1) is 21.1. The van der Waals surface area contributed by atoms with Gasteiger partial charge in [0.2, 0.25) is 0 Å². The van der Waals surface area contributed by atoms with Crippen molar-refractivity contribution in [1.82, 2.24) is 19.9 Å². The number of alkyl halides is 2. The predicted octanol–water partition coefficient (Wildman–Crippen LogP) is 4.05. The highest BCUT2D eigenvalue weighted by atomic mass is 32.2. The SMILES string of the molecule is C[C@@H](Nc1ncnc2c1cc(N1CCS(=O)(=O)CC1)c(=O)n2CCCCCCC=O)c1cccc(C(F)(F)CC2CNC2)c1. The van der Waals surface area contributed by atoms with Gasteiger partial charge in [-0.1, -0.05) is 31.0 Å². The van der Waals surface area contributed by atoms with Gasteiger partial charge in [0, 0.05) is 44.1 Å². The van der Waals surface area contributed by atoms with Crippen LogP contribution in [0.2, 0.25) is 0 Å². The third-order valence-corrected chi connectivity index (χ3v) is 10.2. The number of pyridine rings is 1. The molecule has 2 saturated heterocycles. The summed E-state index contributed by atoms with van der Waals surface area (Å²) in [6.45, 7) is 3.89. The highest BCUT2D eigenvalue weighted by Gasteiger charge is 2.37. The minimum absolute atomic E-state index is 0.0209. The number of anilines is 2. The second kappa shape index (κ2) is 13.7. The van der Waals surface area contributed by atoms with Gasteiger partial charge in [-0.25, -0.2) is 27.2 Å². The van der Waals surface area contributed by atoms with Crippen molar-refractivity contribution in [2.75, 3.05) is 47.9 Å². The maximum atomic E-state index is 15.1. The molecule has 0 radical (unpaired) electrons. The molecule has 13 heteroatoms. The third-order valence-electron chi connectivity index (χ3n) is 8.58. The number of halogens is 2. The van der Waals surface area contributed by atoms with Gasteiger partial charge in [-0.15, -0.1) is 0 Å². The van der Waals surface area contributed by atoms with Crippen LogP contribution >= 0.6 is 0 Å². The minimum atomic E-state index is -3.16. The summed E-state index contributed by atoms with van der Waals surface area (Å²) in [5.74, 6) is -2.60. The van der Waals surface area contributed by atoms with Crippen LogP contribution in [-0.4, -0.2) is 66.9 Å². The Kier molecular flexibility index (Phi) is 9.94. The normalized spacial score (nSPS) is 17.8. The van der Waals surface area contributed by atoms with Crippen LogP contribution < -0.4 is 21.1 Å². The summed E-state index contributed by atoms with van der Waals surface area (Å²) in [5.41, 5.74) is 1.22. The van der Waals surface area contributed by atoms with E-state index in [0.717, 1.165) is 25.5 Å². The van der Waals surface area contributed by atoms with Gasteiger partial charge in [0.05, 0.1) is 16.9 Å². The van der Waals surface area contributed by atoms with E-state index in [2.05, 4.69) is 20.6 Å². The van der Waals surface area contributed by atoms with E-state index in [-0.39, 0.29) is 48.1 Å². The fraction of sp³-hybridized carbons (Fsp3) is 0.548. The Morgan fingerprint density at radius 1 is 1.11 bits per heavy atom. The van der Waals surface area contributed by atoms with Crippen molar-refractivity contribution in [3.63, 3.8) is 0 Å². The van der Waals surface area contributed by atoms with Crippen molar-refractivity contribution in [1.29, 1.82) is 0 Å². The van der Waals surface area contributed by atoms with E-state index in [1.54, 1.807) is 27.7 Å². The first kappa shape index (κ1) is 32.0. The molecule has 1 aromatic carbocycles. The van der Waals surface area contributed by atoms with E-state index < -0.39 is 21.8 Å². The van der Waals surface area contributed by atoms with E-state index in [0.29, 0.717) is 60.6 Å². The third kappa shape index (κ3) is 7.43. The van der Waals surface area contributed by atoms with Crippen molar-refractivity contribution < 1.29 is 22.0 Å². The first-order valence-electron chi connectivity index (χ1n) is 15.3. The number of aromatic nitrogens is 3. The summed E-state index contributed by atoms with van der Waals surface area (Å²) in [6.07, 6.45) is 5.78. The molecular weight excluding hydrogens is 590 g/mol. The molecule has 238 valence electrons. The first-order valence-corrected chi connectivity index (χ1v) is 17.1. The lowest BCUT2D eigenvalue weighted by Crippen LogP contribution is -2.44. The average Bonchev–Trinajstić information content (AvgIpc) is 2.98. The van der Waals surface area contributed by atoms with Gasteiger partial charge < -0.3 is 20.3 Å². The van der Waals surface area contributed by atoms with Gasteiger partial charge in [0.1, 0.15) is 29.8 Å². The Morgan fingerprint density at radius 3 is 2.57 bits per heavy atom. The number of sulfone groups is 1. The molecule has 2 aliphatic heterocycles. The van der Waals surface area contributed by atoms with Crippen LogP contribution in [0.3, 0.4) is 0 Å². The van der Waals surface area contributed by atoms with Crippen molar-refractivity contribution >= 4 is 38.7 Å². The summed E-state index contributed by atoms with van der Waals surface area (Å²) in [4.78, 5) is 35.1. The molecule has 4 heterocycles. The number of carbonyl (C=O) groups excluding carboxylic acids is 1. The van der Waals surface area contributed by atoms with Crippen molar-refractivity contribution in [3.8, 4) is 0 Å². The molecule has 0 saturated carbocycles. The second-order valence-electron chi connectivity index (χ2n) is 11.9. The van der Waals surface area contributed by atoms with Crippen LogP contribution in [0.1, 0.15) is 62.6 Å². The number of nitrogens with one attached hydrogen (secondary N) is 2. The molecule has 5 rings (SSSR count). The number of carbonyl (C=O) groups is 1. The highest BCUT2D eigenvalue weighted by Crippen LogP contribution is 2.37. The molecule has 0 amide bonds. The number of hydrogen-bond acceptors (Lipinski definition) is 9. The molecule has 2 fully saturated rings. The number of hydrogen-bond donors (Lipinski definition) is 2. The average molecular weight is 631 g/mol. The quantitative estimate of drug-likeness (QED) is 0.200. The Labute approximate surface area is 256 Å². The van der Waals surface area contributed by atoms with Crippen molar-refractivity contribution in [2.24, 2.45) is 5.92 Å². The van der Waals surface area contributed by atoms with E-state index in [1.165, 1.54) is 18.5 Å². The minimum Gasteiger partial charge on any atom is -0.365 e. The van der Waals surface area contributed by atoms with Gasteiger partial charge in [-0.3, -0.25) is 9.36 Å². The molecular formula is C31H40F2N6O4S. The lowest BCUT2D eigenvalue weighted by Gasteiger charge is -2.31. The zero-order valence-corrected chi connectivity index (χ0v) is 25.8. The van der Waals surface area contributed by atoms with Gasteiger partial charge in [0.25, 0.3) is 11.5 Å². The zero-order chi connectivity index (χ0) is 31.3. The van der Waals surface area contributed by atoms with E-state index >= 15 is 8.78 Å². The molecule has 1 atom stereocenters. The number of aryl methyl sites for hydroxylation is 1. The lowest BCUT2D eigenvalue weighted by atomic mass is 9.91. The summed E-state index contributed by atoms with van der Waals surface area (Å²) in [5, 5.41) is 6.99. The topological polar surface area (TPSA) is 126 Å². The van der Waals surface area contributed by atoms with Crippen molar-refractivity contribution in [3.05, 3.63) is 58.1 Å². The molecule has 10 nitrogen and oxygen atoms in total. The van der Waals surface area contributed by atoms with Crippen molar-refractivity contribution in [2.45, 2.75) is 64.0 Å². The zero-order valence-electron chi connectivity index (χ0n) is 25.0. The van der Waals surface area contributed by atoms with Crippen LogP contribution in [0.5, 0.6) is 0 Å². The van der Waals surface area contributed by atoms with Crippen LogP contribution in [0, 0.1) is 5.92 Å². The van der Waals surface area contributed by atoms with Crippen LogP contribution in [0.15, 0.2) is 41.5 Å². The fourth-order valence-corrected chi connectivity index (χ4v) is 7.02. The molecule has 2 N–H and O–H groups in total. The second-order valence-corrected chi connectivity index (χ2v) is 14.2. The Bertz CT molecular complexity index is 1630. The largest absolute Gasteiger partial charge is 0.365 e. The summed E-state index contributed by atoms with van der Waals surface area (Å²) < 4.78 is 56.0. The van der Waals surface area contributed by atoms with E-state index in [1.807, 2.05) is 6.92 Å². The molecule has 0 bridgehead atoms. The van der Waals surface area contributed by atoms with Gasteiger partial charge in [-0.05, 0) is 56.5 Å². The predicted molar refractivity (Wildman–Crippen MR) is 167 cm³/mol. The number of nitrogens with zero attached hydrogens (tertiary/aromatic N) is 4. The molecule has 0 unspecified atom stereocenters. The summed E-state index contributed by atoms with van der Waals surface area (Å²) >= 11 is 0. The number of rotatable bonds is 14. The number of aldehydes is 1. The summed E-state index contributed by atoms with van der Waals surface area (Å²) in [7, 11) is -3.16. The lowest BCUT2D eigenvalue weighted by molar-refractivity contribution is -0.107. The highest BCUT2D eigenvalue weighted by molar-refractivity contribution is 7.91. The number of fused-ring (bicyclic) bond motifs is 1. The maximum Gasteiger partial charge on any atom is 0.275 e. The molecule has 0 aliphatic carbocycles. The Morgan fingerprint density at radius 2 is 1.86 bits per heavy atom. The molecule has 0 spiro atoms. The molecule has 3 aromatic rings. The Balaban J connectivity index is 1.45. The molecule has 2 aromatic heterocycles. The Hall–Kier alpha value is -3.45. The number of benzene rings is 1. The smallest absolute Gasteiger partial charge is 0.275 e. The fourth-order valence-electron chi connectivity index (χ4n) is 5.82. The van der Waals surface area contributed by atoms with E-state index in [9.17, 15) is 18.0 Å².